The average molecular weight is 294 g/mol. The SMILES string of the molecule is C[C@@H](NCc1ccc(CO)cc1)c1ccc(F)c(Cl)c1. The molecule has 4 heteroatoms. The van der Waals surface area contributed by atoms with Gasteiger partial charge in [0.05, 0.1) is 11.6 Å². The summed E-state index contributed by atoms with van der Waals surface area (Å²) in [5.41, 5.74) is 2.97. The molecule has 0 aliphatic carbocycles. The third-order valence-corrected chi connectivity index (χ3v) is 3.55. The Balaban J connectivity index is 1.96. The van der Waals surface area contributed by atoms with E-state index in [0.717, 1.165) is 16.7 Å². The van der Waals surface area contributed by atoms with Gasteiger partial charge in [0, 0.05) is 12.6 Å². The molecule has 0 bridgehead atoms. The lowest BCUT2D eigenvalue weighted by atomic mass is 10.1. The van der Waals surface area contributed by atoms with Gasteiger partial charge in [0.1, 0.15) is 5.82 Å². The zero-order valence-corrected chi connectivity index (χ0v) is 12.0. The smallest absolute Gasteiger partial charge is 0.141 e. The minimum absolute atomic E-state index is 0.0538. The Morgan fingerprint density at radius 1 is 1.15 bits per heavy atom. The van der Waals surface area contributed by atoms with Gasteiger partial charge in [0.15, 0.2) is 0 Å². The molecule has 0 spiro atoms. The first-order valence-corrected chi connectivity index (χ1v) is 6.85. The molecule has 106 valence electrons. The lowest BCUT2D eigenvalue weighted by Crippen LogP contribution is -2.18. The number of nitrogens with one attached hydrogen (secondary N) is 1. The van der Waals surface area contributed by atoms with Crippen LogP contribution in [0.1, 0.15) is 29.7 Å². The van der Waals surface area contributed by atoms with Crippen molar-refractivity contribution in [2.75, 3.05) is 0 Å². The van der Waals surface area contributed by atoms with Crippen molar-refractivity contribution in [2.24, 2.45) is 0 Å². The summed E-state index contributed by atoms with van der Waals surface area (Å²) in [6.45, 7) is 2.76. The Morgan fingerprint density at radius 3 is 2.40 bits per heavy atom. The molecule has 0 unspecified atom stereocenters. The topological polar surface area (TPSA) is 32.3 Å². The van der Waals surface area contributed by atoms with Crippen LogP contribution in [0.3, 0.4) is 0 Å². The number of benzene rings is 2. The van der Waals surface area contributed by atoms with Gasteiger partial charge < -0.3 is 10.4 Å². The first-order chi connectivity index (χ1) is 9.60. The largest absolute Gasteiger partial charge is 0.392 e. The Labute approximate surface area is 123 Å². The predicted molar refractivity (Wildman–Crippen MR) is 79.0 cm³/mol. The van der Waals surface area contributed by atoms with Gasteiger partial charge in [-0.05, 0) is 35.7 Å². The van der Waals surface area contributed by atoms with Crippen molar-refractivity contribution in [3.8, 4) is 0 Å². The monoisotopic (exact) mass is 293 g/mol. The van der Waals surface area contributed by atoms with Crippen molar-refractivity contribution in [3.63, 3.8) is 0 Å². The molecule has 2 aromatic carbocycles. The molecule has 2 N–H and O–H groups in total. The zero-order chi connectivity index (χ0) is 14.5. The molecule has 0 saturated heterocycles. The van der Waals surface area contributed by atoms with E-state index >= 15 is 0 Å². The predicted octanol–water partition coefficient (Wildman–Crippen LogP) is 3.82. The fourth-order valence-electron chi connectivity index (χ4n) is 1.93. The fraction of sp³-hybridized carbons (Fsp3) is 0.250. The standard InChI is InChI=1S/C16H17ClFNO/c1-11(14-6-7-16(18)15(17)8-14)19-9-12-2-4-13(10-20)5-3-12/h2-8,11,19-20H,9-10H2,1H3/t11-/m1/s1. The van der Waals surface area contributed by atoms with Crippen LogP contribution in [0.2, 0.25) is 5.02 Å². The molecule has 0 aromatic heterocycles. The summed E-state index contributed by atoms with van der Waals surface area (Å²) in [4.78, 5) is 0. The summed E-state index contributed by atoms with van der Waals surface area (Å²) < 4.78 is 13.1. The molecule has 0 heterocycles. The molecule has 0 aliphatic rings. The van der Waals surface area contributed by atoms with E-state index in [2.05, 4.69) is 5.32 Å². The lowest BCUT2D eigenvalue weighted by molar-refractivity contribution is 0.282. The first-order valence-electron chi connectivity index (χ1n) is 6.47. The van der Waals surface area contributed by atoms with E-state index < -0.39 is 5.82 Å². The molecule has 0 radical (unpaired) electrons. The summed E-state index contributed by atoms with van der Waals surface area (Å²) in [5, 5.41) is 12.5. The second-order valence-electron chi connectivity index (χ2n) is 4.75. The molecule has 0 amide bonds. The minimum atomic E-state index is -0.401. The zero-order valence-electron chi connectivity index (χ0n) is 11.2. The highest BCUT2D eigenvalue weighted by Crippen LogP contribution is 2.21. The highest BCUT2D eigenvalue weighted by atomic mass is 35.5. The number of aliphatic hydroxyl groups excluding tert-OH is 1. The second kappa shape index (κ2) is 6.84. The summed E-state index contributed by atoms with van der Waals surface area (Å²) in [6, 6.07) is 12.6. The van der Waals surface area contributed by atoms with E-state index in [1.165, 1.54) is 6.07 Å². The summed E-state index contributed by atoms with van der Waals surface area (Å²) in [6.07, 6.45) is 0. The van der Waals surface area contributed by atoms with Gasteiger partial charge in [-0.3, -0.25) is 0 Å². The number of hydrogen-bond donors (Lipinski definition) is 2. The van der Waals surface area contributed by atoms with Gasteiger partial charge in [-0.1, -0.05) is 41.9 Å². The minimum Gasteiger partial charge on any atom is -0.392 e. The average Bonchev–Trinajstić information content (AvgIpc) is 2.48. The van der Waals surface area contributed by atoms with Crippen LogP contribution in [-0.4, -0.2) is 5.11 Å². The Kier molecular flexibility index (Phi) is 5.12. The maximum absolute atomic E-state index is 13.1. The molecule has 0 aliphatic heterocycles. The summed E-state index contributed by atoms with van der Waals surface area (Å²) in [5.74, 6) is -0.401. The van der Waals surface area contributed by atoms with Crippen LogP contribution in [0, 0.1) is 5.82 Å². The van der Waals surface area contributed by atoms with Gasteiger partial charge in [-0.2, -0.15) is 0 Å². The van der Waals surface area contributed by atoms with Gasteiger partial charge in [0.2, 0.25) is 0 Å². The molecule has 20 heavy (non-hydrogen) atoms. The van der Waals surface area contributed by atoms with E-state index in [0.29, 0.717) is 6.54 Å². The van der Waals surface area contributed by atoms with Crippen LogP contribution in [0.5, 0.6) is 0 Å². The number of aliphatic hydroxyl groups is 1. The van der Waals surface area contributed by atoms with E-state index in [4.69, 9.17) is 16.7 Å². The number of rotatable bonds is 5. The Bertz CT molecular complexity index is 571. The van der Waals surface area contributed by atoms with Crippen molar-refractivity contribution in [2.45, 2.75) is 26.1 Å². The van der Waals surface area contributed by atoms with Crippen LogP contribution in [0.15, 0.2) is 42.5 Å². The Hall–Kier alpha value is -1.42. The normalized spacial score (nSPS) is 12.4. The maximum Gasteiger partial charge on any atom is 0.141 e. The number of hydrogen-bond acceptors (Lipinski definition) is 2. The quantitative estimate of drug-likeness (QED) is 0.878. The summed E-state index contributed by atoms with van der Waals surface area (Å²) in [7, 11) is 0. The van der Waals surface area contributed by atoms with Crippen molar-refractivity contribution in [1.29, 1.82) is 0 Å². The van der Waals surface area contributed by atoms with Crippen molar-refractivity contribution >= 4 is 11.6 Å². The first kappa shape index (κ1) is 15.0. The van der Waals surface area contributed by atoms with Crippen LogP contribution in [0.25, 0.3) is 0 Å². The van der Waals surface area contributed by atoms with Crippen LogP contribution in [0.4, 0.5) is 4.39 Å². The van der Waals surface area contributed by atoms with E-state index in [1.807, 2.05) is 31.2 Å². The van der Waals surface area contributed by atoms with Crippen molar-refractivity contribution in [1.82, 2.24) is 5.32 Å². The molecule has 1 atom stereocenters. The van der Waals surface area contributed by atoms with Crippen LogP contribution < -0.4 is 5.32 Å². The summed E-state index contributed by atoms with van der Waals surface area (Å²) >= 11 is 5.78. The molecule has 2 rings (SSSR count). The highest BCUT2D eigenvalue weighted by molar-refractivity contribution is 6.30. The molecular formula is C16H17ClFNO. The molecule has 2 aromatic rings. The fourth-order valence-corrected chi connectivity index (χ4v) is 2.12. The van der Waals surface area contributed by atoms with Crippen molar-refractivity contribution in [3.05, 3.63) is 70.0 Å². The molecule has 0 fully saturated rings. The lowest BCUT2D eigenvalue weighted by Gasteiger charge is -2.15. The van der Waals surface area contributed by atoms with Crippen molar-refractivity contribution < 1.29 is 9.50 Å². The molecule has 0 saturated carbocycles. The van der Waals surface area contributed by atoms with Crippen LogP contribution >= 0.6 is 11.6 Å². The third kappa shape index (κ3) is 3.79. The van der Waals surface area contributed by atoms with E-state index in [-0.39, 0.29) is 17.7 Å². The van der Waals surface area contributed by atoms with Gasteiger partial charge in [-0.15, -0.1) is 0 Å². The van der Waals surface area contributed by atoms with Gasteiger partial charge >= 0.3 is 0 Å². The van der Waals surface area contributed by atoms with Gasteiger partial charge in [-0.25, -0.2) is 4.39 Å². The molecule has 2 nitrogen and oxygen atoms in total. The van der Waals surface area contributed by atoms with E-state index in [1.54, 1.807) is 12.1 Å². The Morgan fingerprint density at radius 2 is 1.80 bits per heavy atom. The second-order valence-corrected chi connectivity index (χ2v) is 5.16. The number of halogens is 2. The third-order valence-electron chi connectivity index (χ3n) is 3.26. The molecular weight excluding hydrogens is 277 g/mol. The van der Waals surface area contributed by atoms with Gasteiger partial charge in [0.25, 0.3) is 0 Å². The van der Waals surface area contributed by atoms with E-state index in [9.17, 15) is 4.39 Å². The maximum atomic E-state index is 13.1. The van der Waals surface area contributed by atoms with Crippen LogP contribution in [-0.2, 0) is 13.2 Å². The highest BCUT2D eigenvalue weighted by Gasteiger charge is 2.08.